The Hall–Kier alpha value is -2.30. The van der Waals surface area contributed by atoms with E-state index in [1.54, 1.807) is 6.92 Å². The number of carbonyl (C=O) groups excluding carboxylic acids is 2. The van der Waals surface area contributed by atoms with Crippen LogP contribution in [0.5, 0.6) is 0 Å². The van der Waals surface area contributed by atoms with E-state index in [1.807, 2.05) is 44.2 Å². The Balaban J connectivity index is 2.62. The van der Waals surface area contributed by atoms with Crippen molar-refractivity contribution in [3.63, 3.8) is 0 Å². The maximum absolute atomic E-state index is 12.1. The number of ether oxygens (including phenoxy) is 2. The van der Waals surface area contributed by atoms with Crippen LogP contribution in [0, 0.1) is 5.92 Å². The van der Waals surface area contributed by atoms with Crippen molar-refractivity contribution in [2.75, 3.05) is 6.61 Å². The molecule has 1 aromatic rings. The van der Waals surface area contributed by atoms with Crippen molar-refractivity contribution in [2.45, 2.75) is 39.8 Å². The summed E-state index contributed by atoms with van der Waals surface area (Å²) in [5.41, 5.74) is 1.82. The Labute approximate surface area is 137 Å². The van der Waals surface area contributed by atoms with Crippen molar-refractivity contribution >= 4 is 12.1 Å². The molecule has 0 aliphatic carbocycles. The summed E-state index contributed by atoms with van der Waals surface area (Å²) >= 11 is 0. The number of hydrogen-bond acceptors (Lipinski definition) is 4. The number of allylic oxidation sites excluding steroid dienone is 1. The molecule has 0 aliphatic rings. The van der Waals surface area contributed by atoms with Crippen molar-refractivity contribution < 1.29 is 19.1 Å². The van der Waals surface area contributed by atoms with Gasteiger partial charge in [-0.2, -0.15) is 0 Å². The average Bonchev–Trinajstić information content (AvgIpc) is 2.51. The van der Waals surface area contributed by atoms with E-state index >= 15 is 0 Å². The molecule has 1 rings (SSSR count). The second-order valence-electron chi connectivity index (χ2n) is 5.57. The van der Waals surface area contributed by atoms with Gasteiger partial charge in [0.05, 0.1) is 6.61 Å². The van der Waals surface area contributed by atoms with Crippen LogP contribution in [0.25, 0.3) is 0 Å². The van der Waals surface area contributed by atoms with Gasteiger partial charge >= 0.3 is 12.1 Å². The minimum Gasteiger partial charge on any atom is -0.464 e. The van der Waals surface area contributed by atoms with Gasteiger partial charge in [-0.05, 0) is 31.7 Å². The summed E-state index contributed by atoms with van der Waals surface area (Å²) < 4.78 is 10.2. The molecule has 0 radical (unpaired) electrons. The van der Waals surface area contributed by atoms with Crippen LogP contribution in [0.4, 0.5) is 4.79 Å². The average molecular weight is 319 g/mol. The summed E-state index contributed by atoms with van der Waals surface area (Å²) in [6.45, 7) is 9.73. The summed E-state index contributed by atoms with van der Waals surface area (Å²) in [7, 11) is 0. The Morgan fingerprint density at radius 3 is 2.43 bits per heavy atom. The minimum absolute atomic E-state index is 0.129. The first-order valence-corrected chi connectivity index (χ1v) is 7.72. The highest BCUT2D eigenvalue weighted by Gasteiger charge is 2.28. The van der Waals surface area contributed by atoms with Crippen LogP contribution in [0.1, 0.15) is 32.8 Å². The quantitative estimate of drug-likeness (QED) is 0.589. The molecule has 0 aliphatic heterocycles. The third-order valence-electron chi connectivity index (χ3n) is 3.27. The molecule has 0 saturated carbocycles. The van der Waals surface area contributed by atoms with Gasteiger partial charge in [0, 0.05) is 0 Å². The fourth-order valence-corrected chi connectivity index (χ4v) is 2.22. The molecule has 126 valence electrons. The molecule has 0 spiro atoms. The first-order chi connectivity index (χ1) is 10.9. The monoisotopic (exact) mass is 319 g/mol. The van der Waals surface area contributed by atoms with Crippen LogP contribution in [0.15, 0.2) is 42.5 Å². The normalized spacial score (nSPS) is 12.8. The molecule has 0 fully saturated rings. The molecule has 5 nitrogen and oxygen atoms in total. The van der Waals surface area contributed by atoms with Crippen molar-refractivity contribution in [3.05, 3.63) is 48.0 Å². The minimum atomic E-state index is -0.755. The van der Waals surface area contributed by atoms with Crippen LogP contribution in [-0.4, -0.2) is 24.7 Å². The maximum atomic E-state index is 12.1. The summed E-state index contributed by atoms with van der Waals surface area (Å²) in [5.74, 6) is -0.589. The molecule has 0 unspecified atom stereocenters. The van der Waals surface area contributed by atoms with Crippen LogP contribution < -0.4 is 5.32 Å². The first kappa shape index (κ1) is 18.7. The summed E-state index contributed by atoms with van der Waals surface area (Å²) in [4.78, 5) is 24.0. The van der Waals surface area contributed by atoms with Gasteiger partial charge in [-0.1, -0.05) is 42.8 Å². The zero-order chi connectivity index (χ0) is 17.2. The molecule has 0 aromatic heterocycles. The molecule has 0 heterocycles. The predicted octanol–water partition coefficient (Wildman–Crippen LogP) is 3.45. The third-order valence-corrected chi connectivity index (χ3v) is 3.27. The van der Waals surface area contributed by atoms with Gasteiger partial charge in [0.15, 0.2) is 0 Å². The van der Waals surface area contributed by atoms with E-state index in [1.165, 1.54) is 0 Å². The van der Waals surface area contributed by atoms with E-state index in [4.69, 9.17) is 9.47 Å². The van der Waals surface area contributed by atoms with E-state index in [-0.39, 0.29) is 19.1 Å². The molecule has 0 bridgehead atoms. The van der Waals surface area contributed by atoms with Gasteiger partial charge < -0.3 is 14.8 Å². The highest BCUT2D eigenvalue weighted by Crippen LogP contribution is 2.15. The highest BCUT2D eigenvalue weighted by molar-refractivity contribution is 5.81. The van der Waals surface area contributed by atoms with Crippen LogP contribution >= 0.6 is 0 Å². The Bertz CT molecular complexity index is 527. The number of benzene rings is 1. The van der Waals surface area contributed by atoms with Crippen LogP contribution in [-0.2, 0) is 20.9 Å². The van der Waals surface area contributed by atoms with E-state index in [9.17, 15) is 9.59 Å². The van der Waals surface area contributed by atoms with Gasteiger partial charge in [0.1, 0.15) is 12.6 Å². The second kappa shape index (κ2) is 9.66. The van der Waals surface area contributed by atoms with E-state index in [0.717, 1.165) is 11.1 Å². The van der Waals surface area contributed by atoms with Gasteiger partial charge in [0.25, 0.3) is 0 Å². The molecular formula is C18H25NO4. The zero-order valence-electron chi connectivity index (χ0n) is 14.0. The number of carbonyl (C=O) groups is 2. The van der Waals surface area contributed by atoms with Gasteiger partial charge in [-0.15, -0.1) is 6.58 Å². The lowest BCUT2D eigenvalue weighted by molar-refractivity contribution is -0.146. The molecule has 2 atom stereocenters. The fraction of sp³-hybridized carbons (Fsp3) is 0.444. The van der Waals surface area contributed by atoms with Gasteiger partial charge in [0.2, 0.25) is 0 Å². The van der Waals surface area contributed by atoms with Crippen molar-refractivity contribution in [2.24, 2.45) is 5.92 Å². The Kier molecular flexibility index (Phi) is 7.88. The summed E-state index contributed by atoms with van der Waals surface area (Å²) in [6, 6.07) is 8.59. The molecule has 1 N–H and O–H groups in total. The maximum Gasteiger partial charge on any atom is 0.408 e. The van der Waals surface area contributed by atoms with Gasteiger partial charge in [-0.25, -0.2) is 9.59 Å². The van der Waals surface area contributed by atoms with Crippen molar-refractivity contribution in [3.8, 4) is 0 Å². The lowest BCUT2D eigenvalue weighted by Crippen LogP contribution is -2.46. The largest absolute Gasteiger partial charge is 0.464 e. The number of alkyl carbamates (subject to hydrolysis) is 1. The SMILES string of the molecule is C=C(C)C[C@H](C)[C@H](NC(=O)OCc1ccccc1)C(=O)OCC. The van der Waals surface area contributed by atoms with E-state index in [0.29, 0.717) is 6.42 Å². The van der Waals surface area contributed by atoms with Crippen LogP contribution in [0.3, 0.4) is 0 Å². The topological polar surface area (TPSA) is 64.6 Å². The molecule has 1 aromatic carbocycles. The van der Waals surface area contributed by atoms with Gasteiger partial charge in [-0.3, -0.25) is 0 Å². The summed E-state index contributed by atoms with van der Waals surface area (Å²) in [6.07, 6.45) is -0.0249. The lowest BCUT2D eigenvalue weighted by atomic mass is 9.95. The third kappa shape index (κ3) is 7.00. The number of amides is 1. The molecule has 1 amide bonds. The van der Waals surface area contributed by atoms with Crippen molar-refractivity contribution in [1.29, 1.82) is 0 Å². The number of nitrogens with one attached hydrogen (secondary N) is 1. The second-order valence-corrected chi connectivity index (χ2v) is 5.57. The number of rotatable bonds is 8. The number of hydrogen-bond donors (Lipinski definition) is 1. The van der Waals surface area contributed by atoms with E-state index in [2.05, 4.69) is 11.9 Å². The molecule has 0 saturated heterocycles. The number of esters is 1. The zero-order valence-corrected chi connectivity index (χ0v) is 14.0. The molecule has 23 heavy (non-hydrogen) atoms. The molecule has 5 heteroatoms. The van der Waals surface area contributed by atoms with Crippen molar-refractivity contribution in [1.82, 2.24) is 5.32 Å². The van der Waals surface area contributed by atoms with E-state index < -0.39 is 18.1 Å². The Morgan fingerprint density at radius 1 is 1.22 bits per heavy atom. The first-order valence-electron chi connectivity index (χ1n) is 7.72. The summed E-state index contributed by atoms with van der Waals surface area (Å²) in [5, 5.41) is 2.60. The smallest absolute Gasteiger partial charge is 0.408 e. The predicted molar refractivity (Wildman–Crippen MR) is 88.8 cm³/mol. The fourth-order valence-electron chi connectivity index (χ4n) is 2.22. The Morgan fingerprint density at radius 2 is 1.87 bits per heavy atom. The standard InChI is InChI=1S/C18H25NO4/c1-5-22-17(20)16(14(4)11-13(2)3)19-18(21)23-12-15-9-7-6-8-10-15/h6-10,14,16H,2,5,11-12H2,1,3-4H3,(H,19,21)/t14-,16-/m0/s1. The highest BCUT2D eigenvalue weighted by atomic mass is 16.6. The molecular weight excluding hydrogens is 294 g/mol. The lowest BCUT2D eigenvalue weighted by Gasteiger charge is -2.23. The van der Waals surface area contributed by atoms with Crippen LogP contribution in [0.2, 0.25) is 0 Å².